The number of nitrogens with zero attached hydrogens (tertiary/aromatic N) is 2. The Balaban J connectivity index is 1.27. The molecule has 2 aliphatic rings. The Bertz CT molecular complexity index is 1910. The fourth-order valence-electron chi connectivity index (χ4n) is 6.45. The molecule has 8 heteroatoms. The minimum atomic E-state index is -0.737. The van der Waals surface area contributed by atoms with E-state index in [9.17, 15) is 18.8 Å². The summed E-state index contributed by atoms with van der Waals surface area (Å²) in [5.41, 5.74) is 6.13. The summed E-state index contributed by atoms with van der Waals surface area (Å²) in [6.45, 7) is 4.44. The normalized spacial score (nSPS) is 17.7. The Labute approximate surface area is 254 Å². The van der Waals surface area contributed by atoms with Gasteiger partial charge in [0.05, 0.1) is 11.3 Å². The number of hydrogen-bond donors (Lipinski definition) is 2. The Morgan fingerprint density at radius 1 is 0.932 bits per heavy atom. The fraction of sp³-hybridized carbons (Fsp3) is 0.194. The van der Waals surface area contributed by atoms with Crippen LogP contribution in [0.2, 0.25) is 0 Å². The van der Waals surface area contributed by atoms with Crippen molar-refractivity contribution < 1.29 is 18.8 Å². The SMILES string of the molecule is CC(C)c1ccc([C@H]2c3[nH]c4ccccc4c3C[C@H]3C(=O)N(c4ccccc4C(=O)NCc4ccc(F)cc4)C(=O)N23)cc1. The number of H-pyrrole nitrogens is 1. The molecule has 1 fully saturated rings. The number of halogens is 1. The first kappa shape index (κ1) is 27.6. The first-order chi connectivity index (χ1) is 21.3. The van der Waals surface area contributed by atoms with E-state index in [2.05, 4.69) is 36.3 Å². The second-order valence-corrected chi connectivity index (χ2v) is 11.7. The van der Waals surface area contributed by atoms with Gasteiger partial charge >= 0.3 is 6.03 Å². The molecule has 3 heterocycles. The maximum absolute atomic E-state index is 14.4. The summed E-state index contributed by atoms with van der Waals surface area (Å²) >= 11 is 0. The van der Waals surface area contributed by atoms with Gasteiger partial charge in [-0.05, 0) is 58.5 Å². The largest absolute Gasteiger partial charge is 0.356 e. The van der Waals surface area contributed by atoms with Gasteiger partial charge in [0.2, 0.25) is 0 Å². The zero-order valence-electron chi connectivity index (χ0n) is 24.4. The predicted molar refractivity (Wildman–Crippen MR) is 167 cm³/mol. The molecule has 0 spiro atoms. The molecular weight excluding hydrogens is 555 g/mol. The highest BCUT2D eigenvalue weighted by Gasteiger charge is 2.53. The van der Waals surface area contributed by atoms with Crippen molar-refractivity contribution in [2.75, 3.05) is 4.90 Å². The highest BCUT2D eigenvalue weighted by Crippen LogP contribution is 2.45. The number of para-hydroxylation sites is 2. The van der Waals surface area contributed by atoms with Gasteiger partial charge in [-0.25, -0.2) is 14.1 Å². The summed E-state index contributed by atoms with van der Waals surface area (Å²) in [6, 6.07) is 27.0. The van der Waals surface area contributed by atoms with Crippen molar-refractivity contribution in [3.05, 3.63) is 136 Å². The highest BCUT2D eigenvalue weighted by molar-refractivity contribution is 6.24. The third-order valence-corrected chi connectivity index (χ3v) is 8.72. The highest BCUT2D eigenvalue weighted by atomic mass is 19.1. The quantitative estimate of drug-likeness (QED) is 0.214. The first-order valence-corrected chi connectivity index (χ1v) is 14.8. The first-order valence-electron chi connectivity index (χ1n) is 14.8. The Kier molecular flexibility index (Phi) is 6.77. The zero-order valence-corrected chi connectivity index (χ0v) is 24.4. The van der Waals surface area contributed by atoms with Crippen molar-refractivity contribution in [1.29, 1.82) is 0 Å². The van der Waals surface area contributed by atoms with Crippen LogP contribution >= 0.6 is 0 Å². The minimum Gasteiger partial charge on any atom is -0.356 e. The molecule has 1 saturated heterocycles. The monoisotopic (exact) mass is 586 g/mol. The van der Waals surface area contributed by atoms with Crippen LogP contribution in [0.3, 0.4) is 0 Å². The van der Waals surface area contributed by atoms with Crippen LogP contribution in [0.15, 0.2) is 97.1 Å². The van der Waals surface area contributed by atoms with E-state index in [1.165, 1.54) is 17.7 Å². The van der Waals surface area contributed by atoms with Gasteiger partial charge in [-0.15, -0.1) is 0 Å². The molecule has 0 bridgehead atoms. The van der Waals surface area contributed by atoms with Gasteiger partial charge in [-0.2, -0.15) is 0 Å². The molecule has 1 aromatic heterocycles. The van der Waals surface area contributed by atoms with Gasteiger partial charge in [0.15, 0.2) is 0 Å². The molecule has 0 unspecified atom stereocenters. The number of fused-ring (bicyclic) bond motifs is 4. The zero-order chi connectivity index (χ0) is 30.5. The topological polar surface area (TPSA) is 85.5 Å². The Morgan fingerprint density at radius 3 is 2.39 bits per heavy atom. The number of carbonyl (C=O) groups is 3. The van der Waals surface area contributed by atoms with Crippen molar-refractivity contribution in [3.63, 3.8) is 0 Å². The van der Waals surface area contributed by atoms with Crippen molar-refractivity contribution in [2.24, 2.45) is 0 Å². The van der Waals surface area contributed by atoms with Gasteiger partial charge in [0.25, 0.3) is 11.8 Å². The molecule has 220 valence electrons. The molecule has 5 aromatic rings. The fourth-order valence-corrected chi connectivity index (χ4v) is 6.45. The molecule has 44 heavy (non-hydrogen) atoms. The Hall–Kier alpha value is -5.24. The second kappa shape index (κ2) is 10.8. The average Bonchev–Trinajstić information content (AvgIpc) is 3.53. The van der Waals surface area contributed by atoms with E-state index in [4.69, 9.17) is 0 Å². The van der Waals surface area contributed by atoms with Crippen LogP contribution < -0.4 is 10.2 Å². The molecule has 0 aliphatic carbocycles. The number of benzene rings is 4. The molecule has 7 rings (SSSR count). The van der Waals surface area contributed by atoms with E-state index in [-0.39, 0.29) is 29.5 Å². The summed E-state index contributed by atoms with van der Waals surface area (Å²) in [6.07, 6.45) is 0.361. The lowest BCUT2D eigenvalue weighted by atomic mass is 9.88. The lowest BCUT2D eigenvalue weighted by Gasteiger charge is -2.36. The number of hydrogen-bond acceptors (Lipinski definition) is 3. The number of nitrogens with one attached hydrogen (secondary N) is 2. The average molecular weight is 587 g/mol. The van der Waals surface area contributed by atoms with Gasteiger partial charge in [-0.1, -0.05) is 80.6 Å². The van der Waals surface area contributed by atoms with Crippen LogP contribution in [-0.4, -0.2) is 33.8 Å². The molecule has 7 nitrogen and oxygen atoms in total. The summed E-state index contributed by atoms with van der Waals surface area (Å²) in [7, 11) is 0. The molecule has 2 atom stereocenters. The molecule has 2 N–H and O–H groups in total. The van der Waals surface area contributed by atoms with E-state index in [1.54, 1.807) is 41.3 Å². The number of urea groups is 1. The second-order valence-electron chi connectivity index (χ2n) is 11.7. The van der Waals surface area contributed by atoms with E-state index in [0.717, 1.165) is 38.2 Å². The molecule has 4 amide bonds. The summed E-state index contributed by atoms with van der Waals surface area (Å²) in [5.74, 6) is -0.815. The number of aromatic amines is 1. The molecule has 0 radical (unpaired) electrons. The number of imide groups is 1. The lowest BCUT2D eigenvalue weighted by molar-refractivity contribution is -0.120. The van der Waals surface area contributed by atoms with Crippen molar-refractivity contribution in [1.82, 2.24) is 15.2 Å². The van der Waals surface area contributed by atoms with E-state index in [1.807, 2.05) is 36.4 Å². The lowest BCUT2D eigenvalue weighted by Crippen LogP contribution is -2.44. The van der Waals surface area contributed by atoms with E-state index >= 15 is 0 Å². The maximum Gasteiger partial charge on any atom is 0.332 e. The van der Waals surface area contributed by atoms with Crippen LogP contribution in [0.4, 0.5) is 14.9 Å². The van der Waals surface area contributed by atoms with Crippen molar-refractivity contribution in [2.45, 2.75) is 44.8 Å². The number of rotatable bonds is 6. The van der Waals surface area contributed by atoms with Crippen LogP contribution in [-0.2, 0) is 17.8 Å². The van der Waals surface area contributed by atoms with Crippen molar-refractivity contribution >= 4 is 34.4 Å². The maximum atomic E-state index is 14.4. The Morgan fingerprint density at radius 2 is 1.64 bits per heavy atom. The van der Waals surface area contributed by atoms with Crippen LogP contribution in [0, 0.1) is 5.82 Å². The number of carbonyl (C=O) groups excluding carboxylic acids is 3. The molecular formula is C36H31FN4O3. The third kappa shape index (κ3) is 4.54. The van der Waals surface area contributed by atoms with Crippen molar-refractivity contribution in [3.8, 4) is 0 Å². The summed E-state index contributed by atoms with van der Waals surface area (Å²) in [4.78, 5) is 48.4. The van der Waals surface area contributed by atoms with E-state index in [0.29, 0.717) is 12.3 Å². The summed E-state index contributed by atoms with van der Waals surface area (Å²) < 4.78 is 13.3. The van der Waals surface area contributed by atoms with Crippen LogP contribution in [0.25, 0.3) is 10.9 Å². The number of anilines is 1. The minimum absolute atomic E-state index is 0.167. The van der Waals surface area contributed by atoms with Gasteiger partial charge in [0.1, 0.15) is 17.9 Å². The smallest absolute Gasteiger partial charge is 0.332 e. The molecule has 0 saturated carbocycles. The molecule has 2 aliphatic heterocycles. The standard InChI is InChI=1S/C36H31FN4O3/c1-21(2)23-13-15-24(16-14-23)33-32-28(26-7-3-5-9-29(26)39-32)19-31-35(43)41(36(44)40(31)33)30-10-6-4-8-27(30)34(42)38-20-22-11-17-25(37)18-12-22/h3-18,21,31,33,39H,19-20H2,1-2H3,(H,38,42)/t31-,33-/m0/s1. The van der Waals surface area contributed by atoms with Crippen LogP contribution in [0.1, 0.15) is 64.1 Å². The summed E-state index contributed by atoms with van der Waals surface area (Å²) in [5, 5.41) is 3.87. The number of amides is 4. The number of aromatic nitrogens is 1. The molecule has 4 aromatic carbocycles. The predicted octanol–water partition coefficient (Wildman–Crippen LogP) is 6.84. The van der Waals surface area contributed by atoms with Gasteiger partial charge < -0.3 is 10.3 Å². The van der Waals surface area contributed by atoms with Gasteiger partial charge in [0, 0.05) is 29.6 Å². The van der Waals surface area contributed by atoms with Gasteiger partial charge in [-0.3, -0.25) is 14.5 Å². The third-order valence-electron chi connectivity index (χ3n) is 8.72. The van der Waals surface area contributed by atoms with E-state index < -0.39 is 24.0 Å². The van der Waals surface area contributed by atoms with Crippen LogP contribution in [0.5, 0.6) is 0 Å².